The van der Waals surface area contributed by atoms with Gasteiger partial charge in [-0.1, -0.05) is 25.4 Å². The van der Waals surface area contributed by atoms with E-state index in [-0.39, 0.29) is 44.7 Å². The van der Waals surface area contributed by atoms with Crippen molar-refractivity contribution < 1.29 is 26.8 Å². The van der Waals surface area contributed by atoms with Crippen LogP contribution in [0.5, 0.6) is 0 Å². The molecule has 0 radical (unpaired) electrons. The third-order valence-corrected chi connectivity index (χ3v) is 9.19. The minimum Gasteiger partial charge on any atom is -0.347 e. The maximum Gasteiger partial charge on any atom is 0.256 e. The monoisotopic (exact) mass is 539 g/mol. The number of rotatable bonds is 7. The second kappa shape index (κ2) is 10.0. The number of carbonyl (C=O) groups is 2. The average Bonchev–Trinajstić information content (AvgIpc) is 3.65. The second-order valence-electron chi connectivity index (χ2n) is 9.61. The van der Waals surface area contributed by atoms with E-state index in [4.69, 9.17) is 11.6 Å². The molecular formula is C25H28ClF2N3O4S. The number of sulfone groups is 1. The lowest BCUT2D eigenvalue weighted by Crippen LogP contribution is -2.49. The highest BCUT2D eigenvalue weighted by Crippen LogP contribution is 2.43. The van der Waals surface area contributed by atoms with E-state index in [1.54, 1.807) is 0 Å². The van der Waals surface area contributed by atoms with E-state index in [0.29, 0.717) is 6.42 Å². The van der Waals surface area contributed by atoms with Crippen molar-refractivity contribution in [2.75, 3.05) is 5.75 Å². The van der Waals surface area contributed by atoms with Crippen LogP contribution < -0.4 is 5.32 Å². The third-order valence-electron chi connectivity index (χ3n) is 7.20. The van der Waals surface area contributed by atoms with Gasteiger partial charge in [0.05, 0.1) is 27.3 Å². The molecule has 1 N–H and O–H groups in total. The molecule has 0 bridgehead atoms. The van der Waals surface area contributed by atoms with Gasteiger partial charge in [0.2, 0.25) is 5.91 Å². The number of nitrogens with one attached hydrogen (secondary N) is 1. The Bertz CT molecular complexity index is 1300. The number of aromatic nitrogens is 1. The minimum absolute atomic E-state index is 0.0198. The van der Waals surface area contributed by atoms with Gasteiger partial charge in [0.25, 0.3) is 5.91 Å². The quantitative estimate of drug-likeness (QED) is 0.529. The molecule has 1 aromatic heterocycles. The van der Waals surface area contributed by atoms with Crippen molar-refractivity contribution in [2.45, 2.75) is 63.1 Å². The Hall–Kier alpha value is -2.59. The molecule has 194 valence electrons. The molecule has 11 heteroatoms. The second-order valence-corrected chi connectivity index (χ2v) is 12.3. The highest BCUT2D eigenvalue weighted by Gasteiger charge is 2.45. The van der Waals surface area contributed by atoms with Gasteiger partial charge in [-0.15, -0.1) is 0 Å². The zero-order valence-electron chi connectivity index (χ0n) is 20.2. The van der Waals surface area contributed by atoms with Gasteiger partial charge in [-0.25, -0.2) is 17.2 Å². The standard InChI is InChI=1S/C25H28ClF2N3O4S/c1-4-36(34,35)17-8-16(11-29-12-17)25(33)31-14(3)13(2)7-22(31)24(32)30-23(15-5-6-15)18-9-21(28)19(26)10-20(18)27/h8-15,22-23H,4-7H2,1-3H3,(H,30,32)/t13-,14-,22-,23-/m1/s1. The first kappa shape index (κ1) is 26.5. The van der Waals surface area contributed by atoms with Crippen LogP contribution in [0.4, 0.5) is 8.78 Å². The lowest BCUT2D eigenvalue weighted by Gasteiger charge is -2.30. The van der Waals surface area contributed by atoms with Gasteiger partial charge in [0.1, 0.15) is 17.7 Å². The van der Waals surface area contributed by atoms with Crippen molar-refractivity contribution >= 4 is 33.3 Å². The van der Waals surface area contributed by atoms with Crippen molar-refractivity contribution in [3.63, 3.8) is 0 Å². The van der Waals surface area contributed by atoms with E-state index in [1.165, 1.54) is 30.3 Å². The number of nitrogens with zero attached hydrogens (tertiary/aromatic N) is 2. The van der Waals surface area contributed by atoms with Crippen molar-refractivity contribution in [3.05, 3.63) is 58.4 Å². The number of likely N-dealkylation sites (tertiary alicyclic amines) is 1. The fourth-order valence-corrected chi connectivity index (χ4v) is 5.72. The Morgan fingerprint density at radius 2 is 1.86 bits per heavy atom. The van der Waals surface area contributed by atoms with Crippen LogP contribution in [-0.2, 0) is 14.6 Å². The number of halogens is 3. The zero-order valence-corrected chi connectivity index (χ0v) is 21.7. The van der Waals surface area contributed by atoms with E-state index in [0.717, 1.165) is 25.0 Å². The summed E-state index contributed by atoms with van der Waals surface area (Å²) in [5, 5.41) is 2.51. The van der Waals surface area contributed by atoms with Crippen LogP contribution >= 0.6 is 11.6 Å². The number of pyridine rings is 1. The summed E-state index contributed by atoms with van der Waals surface area (Å²) in [7, 11) is -3.58. The summed E-state index contributed by atoms with van der Waals surface area (Å²) in [4.78, 5) is 32.3. The minimum atomic E-state index is -3.58. The number of hydrogen-bond donors (Lipinski definition) is 1. The third kappa shape index (κ3) is 5.11. The molecule has 2 aromatic rings. The van der Waals surface area contributed by atoms with Crippen LogP contribution in [0.15, 0.2) is 35.5 Å². The summed E-state index contributed by atoms with van der Waals surface area (Å²) >= 11 is 5.70. The Balaban J connectivity index is 1.62. The summed E-state index contributed by atoms with van der Waals surface area (Å²) in [6, 6.07) is 1.24. The Kier molecular flexibility index (Phi) is 7.39. The Morgan fingerprint density at radius 1 is 1.17 bits per heavy atom. The van der Waals surface area contributed by atoms with Crippen LogP contribution in [0.2, 0.25) is 5.02 Å². The number of benzene rings is 1. The lowest BCUT2D eigenvalue weighted by molar-refractivity contribution is -0.126. The normalized spacial score (nSPS) is 22.9. The van der Waals surface area contributed by atoms with E-state index in [9.17, 15) is 26.8 Å². The van der Waals surface area contributed by atoms with Crippen LogP contribution in [0.25, 0.3) is 0 Å². The molecule has 0 spiro atoms. The Morgan fingerprint density at radius 3 is 2.50 bits per heavy atom. The molecule has 1 aliphatic carbocycles. The topological polar surface area (TPSA) is 96.4 Å². The molecule has 7 nitrogen and oxygen atoms in total. The Labute approximate surface area is 214 Å². The van der Waals surface area contributed by atoms with E-state index in [1.807, 2.05) is 13.8 Å². The van der Waals surface area contributed by atoms with Gasteiger partial charge in [-0.05, 0) is 56.2 Å². The van der Waals surface area contributed by atoms with Gasteiger partial charge in [-0.2, -0.15) is 0 Å². The van der Waals surface area contributed by atoms with Crippen LogP contribution in [0, 0.1) is 23.5 Å². The number of carbonyl (C=O) groups excluding carboxylic acids is 2. The SMILES string of the molecule is CCS(=O)(=O)c1cncc(C(=O)N2[C@@H](C(=O)N[C@@H](c3cc(F)c(Cl)cc3F)C3CC3)C[C@@H](C)[C@H]2C)c1. The summed E-state index contributed by atoms with van der Waals surface area (Å²) < 4.78 is 53.4. The molecule has 1 aliphatic heterocycles. The van der Waals surface area contributed by atoms with E-state index >= 15 is 0 Å². The van der Waals surface area contributed by atoms with Crippen molar-refractivity contribution in [1.29, 1.82) is 0 Å². The van der Waals surface area contributed by atoms with Crippen LogP contribution in [0.1, 0.15) is 62.0 Å². The largest absolute Gasteiger partial charge is 0.347 e. The van der Waals surface area contributed by atoms with Gasteiger partial charge in [-0.3, -0.25) is 14.6 Å². The average molecular weight is 540 g/mol. The molecule has 2 amide bonds. The van der Waals surface area contributed by atoms with Crippen LogP contribution in [0.3, 0.4) is 0 Å². The highest BCUT2D eigenvalue weighted by atomic mass is 35.5. The number of hydrogen-bond acceptors (Lipinski definition) is 5. The highest BCUT2D eigenvalue weighted by molar-refractivity contribution is 7.91. The molecule has 4 atom stereocenters. The molecular weight excluding hydrogens is 512 g/mol. The lowest BCUT2D eigenvalue weighted by atomic mass is 9.99. The first-order chi connectivity index (χ1) is 16.9. The van der Waals surface area contributed by atoms with Gasteiger partial charge in [0.15, 0.2) is 9.84 Å². The van der Waals surface area contributed by atoms with Crippen LogP contribution in [-0.4, -0.2) is 48.0 Å². The number of amides is 2. The maximum atomic E-state index is 14.7. The first-order valence-electron chi connectivity index (χ1n) is 11.9. The summed E-state index contributed by atoms with van der Waals surface area (Å²) in [5.74, 6) is -2.69. The predicted molar refractivity (Wildman–Crippen MR) is 130 cm³/mol. The zero-order chi connectivity index (χ0) is 26.4. The first-order valence-corrected chi connectivity index (χ1v) is 13.9. The van der Waals surface area contributed by atoms with Crippen molar-refractivity contribution in [1.82, 2.24) is 15.2 Å². The molecule has 1 saturated carbocycles. The van der Waals surface area contributed by atoms with Gasteiger partial charge < -0.3 is 10.2 Å². The van der Waals surface area contributed by atoms with Gasteiger partial charge >= 0.3 is 0 Å². The predicted octanol–water partition coefficient (Wildman–Crippen LogP) is 4.31. The molecule has 1 aromatic carbocycles. The summed E-state index contributed by atoms with van der Waals surface area (Å²) in [6.07, 6.45) is 4.34. The molecule has 2 heterocycles. The molecule has 0 unspecified atom stereocenters. The molecule has 2 aliphatic rings. The summed E-state index contributed by atoms with van der Waals surface area (Å²) in [5.41, 5.74) is 0.0826. The smallest absolute Gasteiger partial charge is 0.256 e. The maximum absolute atomic E-state index is 14.7. The fraction of sp³-hybridized carbons (Fsp3) is 0.480. The van der Waals surface area contributed by atoms with Gasteiger partial charge in [0, 0.05) is 24.0 Å². The van der Waals surface area contributed by atoms with E-state index in [2.05, 4.69) is 10.3 Å². The van der Waals surface area contributed by atoms with Crippen molar-refractivity contribution in [2.24, 2.45) is 11.8 Å². The molecule has 36 heavy (non-hydrogen) atoms. The molecule has 1 saturated heterocycles. The molecule has 2 fully saturated rings. The summed E-state index contributed by atoms with van der Waals surface area (Å²) in [6.45, 7) is 5.24. The van der Waals surface area contributed by atoms with Crippen molar-refractivity contribution in [3.8, 4) is 0 Å². The van der Waals surface area contributed by atoms with E-state index < -0.39 is 45.4 Å². The molecule has 4 rings (SSSR count). The fourth-order valence-electron chi connectivity index (χ4n) is 4.71.